The van der Waals surface area contributed by atoms with Gasteiger partial charge in [0, 0.05) is 24.2 Å². The molecule has 1 amide bonds. The Kier molecular flexibility index (Phi) is 6.93. The maximum absolute atomic E-state index is 11.9. The number of para-hydroxylation sites is 1. The van der Waals surface area contributed by atoms with Crippen LogP contribution in [0.2, 0.25) is 0 Å². The number of likely N-dealkylation sites (tertiary alicyclic amines) is 1. The van der Waals surface area contributed by atoms with Crippen molar-refractivity contribution in [3.8, 4) is 5.75 Å². The topological polar surface area (TPSA) is 61.8 Å². The molecule has 0 spiro atoms. The van der Waals surface area contributed by atoms with Gasteiger partial charge in [0.25, 0.3) is 0 Å². The number of aliphatic hydroxyl groups excluding tert-OH is 1. The Labute approximate surface area is 201 Å². The normalized spacial score (nSPS) is 19.4. The molecule has 0 unspecified atom stereocenters. The van der Waals surface area contributed by atoms with Gasteiger partial charge in [-0.3, -0.25) is 4.79 Å². The molecule has 2 heterocycles. The summed E-state index contributed by atoms with van der Waals surface area (Å²) in [5, 5.41) is 16.1. The number of carbonyl (C=O) groups excluding carboxylic acids is 1. The molecular weight excluding hydrogens is 424 g/mol. The van der Waals surface area contributed by atoms with Gasteiger partial charge in [-0.1, -0.05) is 60.7 Å². The van der Waals surface area contributed by atoms with E-state index in [1.165, 1.54) is 16.3 Å². The summed E-state index contributed by atoms with van der Waals surface area (Å²) in [7, 11) is 0. The van der Waals surface area contributed by atoms with Crippen molar-refractivity contribution in [1.82, 2.24) is 10.2 Å². The average Bonchev–Trinajstić information content (AvgIpc) is 3.28. The molecule has 0 saturated carbocycles. The molecule has 0 radical (unpaired) electrons. The number of nitrogens with one attached hydrogen (secondary N) is 1. The summed E-state index contributed by atoms with van der Waals surface area (Å²) in [6.07, 6.45) is 4.26. The number of carbonyl (C=O) groups is 1. The minimum absolute atomic E-state index is 0.0121. The van der Waals surface area contributed by atoms with Gasteiger partial charge in [0.05, 0.1) is 0 Å². The van der Waals surface area contributed by atoms with Crippen molar-refractivity contribution in [3.63, 3.8) is 0 Å². The quantitative estimate of drug-likeness (QED) is 0.519. The van der Waals surface area contributed by atoms with Gasteiger partial charge < -0.3 is 20.1 Å². The van der Waals surface area contributed by atoms with Crippen LogP contribution in [0, 0.1) is 0 Å². The Morgan fingerprint density at radius 1 is 1.03 bits per heavy atom. The second-order valence-corrected chi connectivity index (χ2v) is 9.36. The Balaban J connectivity index is 1.12. The van der Waals surface area contributed by atoms with Crippen molar-refractivity contribution in [2.24, 2.45) is 0 Å². The van der Waals surface area contributed by atoms with E-state index in [0.717, 1.165) is 43.5 Å². The van der Waals surface area contributed by atoms with Crippen LogP contribution in [0.5, 0.6) is 5.75 Å². The molecule has 0 bridgehead atoms. The summed E-state index contributed by atoms with van der Waals surface area (Å²) < 4.78 is 5.96. The van der Waals surface area contributed by atoms with Crippen LogP contribution >= 0.6 is 0 Å². The fraction of sp³-hybridized carbons (Fsp3) is 0.345. The van der Waals surface area contributed by atoms with E-state index in [1.54, 1.807) is 0 Å². The number of ether oxygens (including phenoxy) is 1. The second kappa shape index (κ2) is 10.4. The maximum Gasteiger partial charge on any atom is 0.247 e. The van der Waals surface area contributed by atoms with E-state index in [0.29, 0.717) is 24.8 Å². The highest BCUT2D eigenvalue weighted by Gasteiger charge is 2.23. The highest BCUT2D eigenvalue weighted by molar-refractivity contribution is 6.00. The molecule has 2 aliphatic heterocycles. The highest BCUT2D eigenvalue weighted by Crippen LogP contribution is 2.30. The van der Waals surface area contributed by atoms with Crippen molar-refractivity contribution >= 4 is 22.8 Å². The number of nitrogens with zero attached hydrogens (tertiary/aromatic N) is 1. The zero-order valence-corrected chi connectivity index (χ0v) is 19.5. The lowest BCUT2D eigenvalue weighted by molar-refractivity contribution is -0.116. The van der Waals surface area contributed by atoms with Crippen LogP contribution in [0.1, 0.15) is 36.3 Å². The van der Waals surface area contributed by atoms with Crippen molar-refractivity contribution in [1.29, 1.82) is 0 Å². The second-order valence-electron chi connectivity index (χ2n) is 9.36. The van der Waals surface area contributed by atoms with Crippen LogP contribution in [0.25, 0.3) is 16.8 Å². The predicted molar refractivity (Wildman–Crippen MR) is 136 cm³/mol. The third kappa shape index (κ3) is 5.32. The highest BCUT2D eigenvalue weighted by atomic mass is 16.5. The average molecular weight is 457 g/mol. The van der Waals surface area contributed by atoms with Gasteiger partial charge in [0.2, 0.25) is 5.91 Å². The lowest BCUT2D eigenvalue weighted by atomic mass is 9.88. The van der Waals surface area contributed by atoms with Crippen LogP contribution in [0.15, 0.2) is 72.3 Å². The summed E-state index contributed by atoms with van der Waals surface area (Å²) in [6.45, 7) is 3.48. The number of hydrogen-bond acceptors (Lipinski definition) is 4. The molecule has 2 saturated heterocycles. The van der Waals surface area contributed by atoms with E-state index in [9.17, 15) is 9.90 Å². The van der Waals surface area contributed by atoms with Gasteiger partial charge in [0.1, 0.15) is 18.5 Å². The van der Waals surface area contributed by atoms with Gasteiger partial charge in [-0.05, 0) is 66.7 Å². The Morgan fingerprint density at radius 3 is 2.59 bits per heavy atom. The smallest absolute Gasteiger partial charge is 0.247 e. The van der Waals surface area contributed by atoms with Crippen LogP contribution in [0.4, 0.5) is 0 Å². The summed E-state index contributed by atoms with van der Waals surface area (Å²) in [4.78, 5) is 14.2. The molecule has 2 N–H and O–H groups in total. The molecule has 176 valence electrons. The largest absolute Gasteiger partial charge is 0.490 e. The summed E-state index contributed by atoms with van der Waals surface area (Å²) in [5.41, 5.74) is 3.06. The van der Waals surface area contributed by atoms with Gasteiger partial charge in [-0.15, -0.1) is 0 Å². The lowest BCUT2D eigenvalue weighted by Crippen LogP contribution is -2.40. The van der Waals surface area contributed by atoms with Crippen molar-refractivity contribution in [2.75, 3.05) is 32.8 Å². The molecule has 5 nitrogen and oxygen atoms in total. The third-order valence-electron chi connectivity index (χ3n) is 6.95. The molecule has 5 heteroatoms. The number of β-amino-alcohol motifs (C(OH)–C–C–N with tert-alkyl or cyclic N) is 1. The first-order valence-electron chi connectivity index (χ1n) is 12.3. The monoisotopic (exact) mass is 456 g/mol. The number of piperidine rings is 1. The van der Waals surface area contributed by atoms with Gasteiger partial charge in [0.15, 0.2) is 0 Å². The number of aliphatic hydroxyl groups is 1. The number of hydrogen-bond donors (Lipinski definition) is 2. The first-order valence-corrected chi connectivity index (χ1v) is 12.3. The molecule has 34 heavy (non-hydrogen) atoms. The van der Waals surface area contributed by atoms with Crippen molar-refractivity contribution in [3.05, 3.63) is 83.4 Å². The first kappa shape index (κ1) is 22.6. The zero-order valence-electron chi connectivity index (χ0n) is 19.5. The van der Waals surface area contributed by atoms with E-state index >= 15 is 0 Å². The van der Waals surface area contributed by atoms with Crippen molar-refractivity contribution < 1.29 is 14.6 Å². The molecular formula is C29H32N2O3. The number of fused-ring (bicyclic) bond motifs is 1. The van der Waals surface area contributed by atoms with E-state index in [1.807, 2.05) is 30.3 Å². The molecule has 0 aliphatic carbocycles. The van der Waals surface area contributed by atoms with Crippen LogP contribution in [-0.2, 0) is 4.79 Å². The van der Waals surface area contributed by atoms with Crippen LogP contribution < -0.4 is 10.1 Å². The Hall–Kier alpha value is -3.15. The number of benzene rings is 3. The molecule has 5 rings (SSSR count). The van der Waals surface area contributed by atoms with E-state index in [2.05, 4.69) is 52.7 Å². The SMILES string of the molecule is O=C1NCC/C1=C/c1ccccc1OC[C@@H](O)CN1CCC(c2ccc3ccccc3c2)CC1. The molecule has 0 aromatic heterocycles. The van der Waals surface area contributed by atoms with E-state index in [4.69, 9.17) is 4.74 Å². The van der Waals surface area contributed by atoms with Gasteiger partial charge in [-0.25, -0.2) is 0 Å². The third-order valence-corrected chi connectivity index (χ3v) is 6.95. The van der Waals surface area contributed by atoms with Crippen LogP contribution in [0.3, 0.4) is 0 Å². The minimum Gasteiger partial charge on any atom is -0.490 e. The van der Waals surface area contributed by atoms with E-state index < -0.39 is 6.10 Å². The fourth-order valence-corrected chi connectivity index (χ4v) is 5.04. The molecule has 2 aliphatic rings. The predicted octanol–water partition coefficient (Wildman–Crippen LogP) is 4.36. The zero-order chi connectivity index (χ0) is 23.3. The molecule has 2 fully saturated rings. The summed E-state index contributed by atoms with van der Waals surface area (Å²) >= 11 is 0. The minimum atomic E-state index is -0.562. The lowest BCUT2D eigenvalue weighted by Gasteiger charge is -2.33. The first-order chi connectivity index (χ1) is 16.7. The van der Waals surface area contributed by atoms with Gasteiger partial charge in [-0.2, -0.15) is 0 Å². The Morgan fingerprint density at radius 2 is 1.79 bits per heavy atom. The summed E-state index contributed by atoms with van der Waals surface area (Å²) in [5.74, 6) is 1.26. The van der Waals surface area contributed by atoms with Crippen molar-refractivity contribution in [2.45, 2.75) is 31.3 Å². The number of rotatable bonds is 7. The standard InChI is InChI=1S/C29H32N2O3/c32-27(20-34-28-8-4-3-7-25(28)18-26-11-14-30-29(26)33)19-31-15-12-22(13-16-31)24-10-9-21-5-1-2-6-23(21)17-24/h1-10,17-18,22,27,32H,11-16,19-20H2,(H,30,33)/b26-18-/t27-/m0/s1. The molecule has 1 atom stereocenters. The molecule has 3 aromatic rings. The number of amides is 1. The summed E-state index contributed by atoms with van der Waals surface area (Å²) in [6, 6.07) is 23.0. The Bertz CT molecular complexity index is 1180. The molecule has 3 aromatic carbocycles. The van der Waals surface area contributed by atoms with Gasteiger partial charge >= 0.3 is 0 Å². The maximum atomic E-state index is 11.9. The van der Waals surface area contributed by atoms with Crippen LogP contribution in [-0.4, -0.2) is 54.8 Å². The van der Waals surface area contributed by atoms with E-state index in [-0.39, 0.29) is 12.5 Å². The fourth-order valence-electron chi connectivity index (χ4n) is 5.04.